The van der Waals surface area contributed by atoms with Crippen LogP contribution in [0.3, 0.4) is 0 Å². The number of hydrogen-bond acceptors (Lipinski definition) is 2. The molecule has 0 bridgehead atoms. The van der Waals surface area contributed by atoms with E-state index in [4.69, 9.17) is 16.9 Å². The average molecular weight is 217 g/mol. The van der Waals surface area contributed by atoms with Gasteiger partial charge in [0.25, 0.3) is 0 Å². The summed E-state index contributed by atoms with van der Waals surface area (Å²) < 4.78 is 0.508. The van der Waals surface area contributed by atoms with Crippen molar-refractivity contribution in [2.45, 2.75) is 0 Å². The normalized spacial score (nSPS) is 8.90. The van der Waals surface area contributed by atoms with Gasteiger partial charge in [0.05, 0.1) is 5.02 Å². The third-order valence-electron chi connectivity index (χ3n) is 0.918. The third kappa shape index (κ3) is 1.47. The van der Waals surface area contributed by atoms with Gasteiger partial charge in [-0.3, -0.25) is 0 Å². The number of rotatable bonds is 0. The fourth-order valence-corrected chi connectivity index (χ4v) is 0.908. The Kier molecular flexibility index (Phi) is 2.25. The maximum Gasteiger partial charge on any atom is 0.141 e. The Morgan fingerprint density at radius 2 is 2.30 bits per heavy atom. The molecule has 0 aliphatic carbocycles. The van der Waals surface area contributed by atoms with E-state index in [0.717, 1.165) is 0 Å². The molecule has 0 saturated carbocycles. The van der Waals surface area contributed by atoms with Crippen molar-refractivity contribution < 1.29 is 0 Å². The van der Waals surface area contributed by atoms with Gasteiger partial charge in [-0.05, 0) is 28.1 Å². The van der Waals surface area contributed by atoms with Gasteiger partial charge in [-0.2, -0.15) is 5.26 Å². The first-order valence-electron chi connectivity index (χ1n) is 2.46. The topological polar surface area (TPSA) is 36.7 Å². The number of aromatic nitrogens is 1. The largest absolute Gasteiger partial charge is 0.229 e. The van der Waals surface area contributed by atoms with Crippen LogP contribution in [0.15, 0.2) is 16.7 Å². The van der Waals surface area contributed by atoms with Gasteiger partial charge in [-0.1, -0.05) is 11.6 Å². The quantitative estimate of drug-likeness (QED) is 0.626. The van der Waals surface area contributed by atoms with E-state index >= 15 is 0 Å². The second kappa shape index (κ2) is 3.00. The van der Waals surface area contributed by atoms with Crippen molar-refractivity contribution in [1.82, 2.24) is 4.98 Å². The monoisotopic (exact) mass is 216 g/mol. The molecule has 1 aromatic heterocycles. The molecule has 0 aromatic carbocycles. The van der Waals surface area contributed by atoms with Crippen molar-refractivity contribution in [2.24, 2.45) is 0 Å². The molecule has 0 atom stereocenters. The third-order valence-corrected chi connectivity index (χ3v) is 2.06. The van der Waals surface area contributed by atoms with Gasteiger partial charge in [-0.15, -0.1) is 0 Å². The number of nitriles is 1. The van der Waals surface area contributed by atoms with E-state index in [9.17, 15) is 0 Å². The molecule has 1 rings (SSSR count). The van der Waals surface area contributed by atoms with Crippen LogP contribution in [0.2, 0.25) is 5.02 Å². The zero-order valence-electron chi connectivity index (χ0n) is 4.81. The van der Waals surface area contributed by atoms with Crippen LogP contribution < -0.4 is 0 Å². The van der Waals surface area contributed by atoms with Gasteiger partial charge in [0.1, 0.15) is 16.4 Å². The molecular weight excluding hydrogens is 215 g/mol. The predicted octanol–water partition coefficient (Wildman–Crippen LogP) is 2.37. The molecular formula is C6H2BrClN2. The lowest BCUT2D eigenvalue weighted by atomic mass is 10.4. The van der Waals surface area contributed by atoms with Crippen LogP contribution in [0.25, 0.3) is 0 Å². The molecule has 1 aromatic rings. The summed E-state index contributed by atoms with van der Waals surface area (Å²) in [6.45, 7) is 0. The molecule has 50 valence electrons. The lowest BCUT2D eigenvalue weighted by Gasteiger charge is -1.92. The highest BCUT2D eigenvalue weighted by molar-refractivity contribution is 9.10. The molecule has 0 amide bonds. The zero-order chi connectivity index (χ0) is 7.56. The fraction of sp³-hybridized carbons (Fsp3) is 0. The van der Waals surface area contributed by atoms with Crippen LogP contribution in [0.5, 0.6) is 0 Å². The zero-order valence-corrected chi connectivity index (χ0v) is 7.15. The Balaban J connectivity index is 3.20. The number of halogens is 2. The average Bonchev–Trinajstić information content (AvgIpc) is 1.95. The highest BCUT2D eigenvalue weighted by atomic mass is 79.9. The molecule has 0 saturated heterocycles. The van der Waals surface area contributed by atoms with Crippen molar-refractivity contribution in [3.8, 4) is 6.07 Å². The fourth-order valence-electron chi connectivity index (χ4n) is 0.480. The van der Waals surface area contributed by atoms with E-state index in [1.165, 1.54) is 0 Å². The predicted molar refractivity (Wildman–Crippen MR) is 41.7 cm³/mol. The Morgan fingerprint density at radius 1 is 1.60 bits per heavy atom. The van der Waals surface area contributed by atoms with E-state index < -0.39 is 0 Å². The van der Waals surface area contributed by atoms with Crippen LogP contribution in [0.4, 0.5) is 0 Å². The summed E-state index contributed by atoms with van der Waals surface area (Å²) in [6.07, 6.45) is 0. The lowest BCUT2D eigenvalue weighted by molar-refractivity contribution is 1.22. The van der Waals surface area contributed by atoms with E-state index in [-0.39, 0.29) is 0 Å². The van der Waals surface area contributed by atoms with Gasteiger partial charge in [-0.25, -0.2) is 4.98 Å². The smallest absolute Gasteiger partial charge is 0.141 e. The van der Waals surface area contributed by atoms with E-state index in [1.807, 2.05) is 6.07 Å². The van der Waals surface area contributed by atoms with Gasteiger partial charge in [0.2, 0.25) is 0 Å². The Bertz CT molecular complexity index is 292. The van der Waals surface area contributed by atoms with E-state index in [2.05, 4.69) is 20.9 Å². The Hall–Kier alpha value is -0.590. The highest BCUT2D eigenvalue weighted by Gasteiger charge is 1.97. The van der Waals surface area contributed by atoms with Crippen LogP contribution >= 0.6 is 27.5 Å². The minimum absolute atomic E-state index is 0.358. The summed E-state index contributed by atoms with van der Waals surface area (Å²) in [4.78, 5) is 3.81. The van der Waals surface area contributed by atoms with Crippen LogP contribution in [0, 0.1) is 11.3 Å². The molecule has 10 heavy (non-hydrogen) atoms. The summed E-state index contributed by atoms with van der Waals surface area (Å²) in [7, 11) is 0. The van der Waals surface area contributed by atoms with Gasteiger partial charge < -0.3 is 0 Å². The molecule has 0 spiro atoms. The van der Waals surface area contributed by atoms with E-state index in [0.29, 0.717) is 15.3 Å². The summed E-state index contributed by atoms with van der Waals surface area (Å²) in [5.74, 6) is 0. The second-order valence-electron chi connectivity index (χ2n) is 1.58. The molecule has 0 fully saturated rings. The van der Waals surface area contributed by atoms with Crippen LogP contribution in [0.1, 0.15) is 5.69 Å². The number of hydrogen-bond donors (Lipinski definition) is 0. The minimum atomic E-state index is 0.358. The molecule has 0 radical (unpaired) electrons. The number of nitrogens with zero attached hydrogens (tertiary/aromatic N) is 2. The first-order chi connectivity index (χ1) is 4.74. The molecule has 0 aliphatic heterocycles. The molecule has 0 aliphatic rings. The molecule has 1 heterocycles. The summed E-state index contributed by atoms with van der Waals surface area (Å²) >= 11 is 8.71. The molecule has 0 N–H and O–H groups in total. The lowest BCUT2D eigenvalue weighted by Crippen LogP contribution is -1.82. The van der Waals surface area contributed by atoms with Crippen molar-refractivity contribution >= 4 is 27.5 Å². The maximum absolute atomic E-state index is 8.38. The SMILES string of the molecule is N#Cc1ccc(Cl)c(Br)n1. The van der Waals surface area contributed by atoms with Crippen molar-refractivity contribution in [1.29, 1.82) is 5.26 Å². The van der Waals surface area contributed by atoms with Crippen LogP contribution in [-0.2, 0) is 0 Å². The van der Waals surface area contributed by atoms with Gasteiger partial charge >= 0.3 is 0 Å². The first kappa shape index (κ1) is 7.52. The molecule has 2 nitrogen and oxygen atoms in total. The van der Waals surface area contributed by atoms with E-state index in [1.54, 1.807) is 12.1 Å². The Morgan fingerprint density at radius 3 is 2.80 bits per heavy atom. The van der Waals surface area contributed by atoms with Gasteiger partial charge in [0.15, 0.2) is 0 Å². The van der Waals surface area contributed by atoms with Crippen molar-refractivity contribution in [3.63, 3.8) is 0 Å². The van der Waals surface area contributed by atoms with Gasteiger partial charge in [0, 0.05) is 0 Å². The summed E-state index contributed by atoms with van der Waals surface area (Å²) in [5.41, 5.74) is 0.358. The Labute approximate surface area is 71.6 Å². The van der Waals surface area contributed by atoms with Crippen molar-refractivity contribution in [3.05, 3.63) is 27.5 Å². The van der Waals surface area contributed by atoms with Crippen LogP contribution in [-0.4, -0.2) is 4.98 Å². The minimum Gasteiger partial charge on any atom is -0.229 e. The maximum atomic E-state index is 8.38. The first-order valence-corrected chi connectivity index (χ1v) is 3.63. The highest BCUT2D eigenvalue weighted by Crippen LogP contribution is 2.18. The molecule has 4 heteroatoms. The summed E-state index contributed by atoms with van der Waals surface area (Å²) in [5, 5.41) is 8.89. The molecule has 0 unspecified atom stereocenters. The van der Waals surface area contributed by atoms with Crippen molar-refractivity contribution in [2.75, 3.05) is 0 Å². The summed E-state index contributed by atoms with van der Waals surface area (Å²) in [6, 6.07) is 5.08. The number of pyridine rings is 1. The standard InChI is InChI=1S/C6H2BrClN2/c7-6-5(8)2-1-4(3-9)10-6/h1-2H. The second-order valence-corrected chi connectivity index (χ2v) is 2.74.